The summed E-state index contributed by atoms with van der Waals surface area (Å²) < 4.78 is 12.8. The zero-order valence-corrected chi connectivity index (χ0v) is 14.9. The Bertz CT molecular complexity index is 777. The van der Waals surface area contributed by atoms with Crippen LogP contribution >= 0.6 is 11.6 Å². The van der Waals surface area contributed by atoms with Gasteiger partial charge in [0.15, 0.2) is 0 Å². The minimum atomic E-state index is -0.275. The fourth-order valence-corrected chi connectivity index (χ4v) is 2.94. The highest BCUT2D eigenvalue weighted by molar-refractivity contribution is 6.30. The topological polar surface area (TPSA) is 58.2 Å². The SMILES string of the molecule is O=C(NCCc1ccc(F)cc1)C1CC1C(=O)NCc1ccc(Cl)cc1. The lowest BCUT2D eigenvalue weighted by Crippen LogP contribution is -2.31. The molecule has 0 spiro atoms. The average molecular weight is 375 g/mol. The molecular formula is C20H20ClFN2O2. The second kappa shape index (κ2) is 8.32. The van der Waals surface area contributed by atoms with Crippen molar-refractivity contribution in [1.82, 2.24) is 10.6 Å². The molecule has 1 fully saturated rings. The molecule has 4 nitrogen and oxygen atoms in total. The Labute approximate surface area is 156 Å². The highest BCUT2D eigenvalue weighted by Gasteiger charge is 2.47. The number of hydrogen-bond donors (Lipinski definition) is 2. The van der Waals surface area contributed by atoms with Crippen LogP contribution in [-0.4, -0.2) is 18.4 Å². The van der Waals surface area contributed by atoms with Gasteiger partial charge in [0.25, 0.3) is 0 Å². The van der Waals surface area contributed by atoms with Gasteiger partial charge < -0.3 is 10.6 Å². The lowest BCUT2D eigenvalue weighted by atomic mass is 10.1. The van der Waals surface area contributed by atoms with Crippen LogP contribution in [0.15, 0.2) is 48.5 Å². The lowest BCUT2D eigenvalue weighted by Gasteiger charge is -2.07. The van der Waals surface area contributed by atoms with Crippen molar-refractivity contribution in [1.29, 1.82) is 0 Å². The lowest BCUT2D eigenvalue weighted by molar-refractivity contribution is -0.127. The molecular weight excluding hydrogens is 355 g/mol. The first-order valence-electron chi connectivity index (χ1n) is 8.57. The van der Waals surface area contributed by atoms with Crippen LogP contribution in [0.5, 0.6) is 0 Å². The second-order valence-electron chi connectivity index (χ2n) is 6.46. The van der Waals surface area contributed by atoms with Gasteiger partial charge in [0.2, 0.25) is 11.8 Å². The molecule has 1 saturated carbocycles. The van der Waals surface area contributed by atoms with Gasteiger partial charge in [-0.3, -0.25) is 9.59 Å². The number of amides is 2. The first-order valence-corrected chi connectivity index (χ1v) is 8.95. The average Bonchev–Trinajstić information content (AvgIpc) is 3.43. The van der Waals surface area contributed by atoms with Crippen molar-refractivity contribution in [3.63, 3.8) is 0 Å². The van der Waals surface area contributed by atoms with E-state index in [0.717, 1.165) is 11.1 Å². The van der Waals surface area contributed by atoms with E-state index < -0.39 is 0 Å². The van der Waals surface area contributed by atoms with E-state index in [1.165, 1.54) is 12.1 Å². The molecule has 2 unspecified atom stereocenters. The van der Waals surface area contributed by atoms with Crippen LogP contribution in [0.25, 0.3) is 0 Å². The molecule has 2 N–H and O–H groups in total. The summed E-state index contributed by atoms with van der Waals surface area (Å²) in [6.07, 6.45) is 1.21. The number of carbonyl (C=O) groups is 2. The number of benzene rings is 2. The van der Waals surface area contributed by atoms with Gasteiger partial charge >= 0.3 is 0 Å². The Kier molecular flexibility index (Phi) is 5.89. The van der Waals surface area contributed by atoms with Gasteiger partial charge in [0.05, 0.1) is 11.8 Å². The molecule has 136 valence electrons. The molecule has 0 aromatic heterocycles. The van der Waals surface area contributed by atoms with Crippen molar-refractivity contribution < 1.29 is 14.0 Å². The van der Waals surface area contributed by atoms with Gasteiger partial charge in [0.1, 0.15) is 5.82 Å². The third-order valence-electron chi connectivity index (χ3n) is 4.47. The molecule has 2 aromatic carbocycles. The van der Waals surface area contributed by atoms with Gasteiger partial charge in [0, 0.05) is 18.1 Å². The van der Waals surface area contributed by atoms with Gasteiger partial charge in [-0.15, -0.1) is 0 Å². The first-order chi connectivity index (χ1) is 12.5. The van der Waals surface area contributed by atoms with E-state index in [9.17, 15) is 14.0 Å². The van der Waals surface area contributed by atoms with Gasteiger partial charge in [-0.2, -0.15) is 0 Å². The van der Waals surface area contributed by atoms with Crippen LogP contribution in [0.1, 0.15) is 17.5 Å². The van der Waals surface area contributed by atoms with Crippen LogP contribution in [0, 0.1) is 17.7 Å². The summed E-state index contributed by atoms with van der Waals surface area (Å²) >= 11 is 5.83. The highest BCUT2D eigenvalue weighted by atomic mass is 35.5. The molecule has 0 saturated heterocycles. The maximum atomic E-state index is 12.8. The third-order valence-corrected chi connectivity index (χ3v) is 4.72. The molecule has 0 radical (unpaired) electrons. The highest BCUT2D eigenvalue weighted by Crippen LogP contribution is 2.38. The number of rotatable bonds is 7. The summed E-state index contributed by atoms with van der Waals surface area (Å²) in [5.41, 5.74) is 1.92. The first kappa shape index (κ1) is 18.4. The van der Waals surface area contributed by atoms with E-state index in [1.54, 1.807) is 24.3 Å². The van der Waals surface area contributed by atoms with Gasteiger partial charge in [-0.25, -0.2) is 4.39 Å². The zero-order chi connectivity index (χ0) is 18.5. The summed E-state index contributed by atoms with van der Waals surface area (Å²) in [5, 5.41) is 6.35. The molecule has 1 aliphatic rings. The second-order valence-corrected chi connectivity index (χ2v) is 6.90. The predicted molar refractivity (Wildman–Crippen MR) is 98.0 cm³/mol. The quantitative estimate of drug-likeness (QED) is 0.782. The normalized spacial score (nSPS) is 18.2. The summed E-state index contributed by atoms with van der Waals surface area (Å²) in [6.45, 7) is 0.894. The van der Waals surface area contributed by atoms with Crippen molar-refractivity contribution in [2.45, 2.75) is 19.4 Å². The van der Waals surface area contributed by atoms with E-state index in [4.69, 9.17) is 11.6 Å². The van der Waals surface area contributed by atoms with E-state index in [0.29, 0.717) is 31.0 Å². The third kappa shape index (κ3) is 5.05. The maximum absolute atomic E-state index is 12.8. The maximum Gasteiger partial charge on any atom is 0.224 e. The van der Waals surface area contributed by atoms with Crippen molar-refractivity contribution in [3.8, 4) is 0 Å². The minimum absolute atomic E-state index is 0.0984. The number of nitrogens with one attached hydrogen (secondary N) is 2. The summed E-state index contributed by atoms with van der Waals surface area (Å²) in [7, 11) is 0. The van der Waals surface area contributed by atoms with Crippen LogP contribution in [-0.2, 0) is 22.6 Å². The summed E-state index contributed by atoms with van der Waals surface area (Å²) in [5.74, 6) is -0.984. The Hall–Kier alpha value is -2.40. The van der Waals surface area contributed by atoms with Gasteiger partial charge in [-0.1, -0.05) is 35.9 Å². The van der Waals surface area contributed by atoms with E-state index >= 15 is 0 Å². The molecule has 0 bridgehead atoms. The number of halogens is 2. The fraction of sp³-hybridized carbons (Fsp3) is 0.300. The van der Waals surface area contributed by atoms with Crippen molar-refractivity contribution in [2.24, 2.45) is 11.8 Å². The molecule has 2 amide bonds. The molecule has 0 aliphatic heterocycles. The Morgan fingerprint density at radius 2 is 1.50 bits per heavy atom. The molecule has 26 heavy (non-hydrogen) atoms. The Morgan fingerprint density at radius 1 is 0.923 bits per heavy atom. The monoisotopic (exact) mass is 374 g/mol. The van der Waals surface area contributed by atoms with Crippen LogP contribution in [0.3, 0.4) is 0 Å². The molecule has 2 aromatic rings. The van der Waals surface area contributed by atoms with E-state index in [2.05, 4.69) is 10.6 Å². The van der Waals surface area contributed by atoms with Crippen molar-refractivity contribution >= 4 is 23.4 Å². The standard InChI is InChI=1S/C20H20ClFN2O2/c21-15-5-1-14(2-6-15)12-24-20(26)18-11-17(18)19(25)23-10-9-13-3-7-16(22)8-4-13/h1-8,17-18H,9-12H2,(H,23,25)(H,24,26). The Morgan fingerprint density at radius 3 is 2.15 bits per heavy atom. The van der Waals surface area contributed by atoms with Gasteiger partial charge in [-0.05, 0) is 48.2 Å². The molecule has 3 rings (SSSR count). The minimum Gasteiger partial charge on any atom is -0.356 e. The van der Waals surface area contributed by atoms with Crippen molar-refractivity contribution in [2.75, 3.05) is 6.54 Å². The predicted octanol–water partition coefficient (Wildman–Crippen LogP) is 3.09. The molecule has 6 heteroatoms. The van der Waals surface area contributed by atoms with Crippen LogP contribution < -0.4 is 10.6 Å². The molecule has 1 aliphatic carbocycles. The Balaban J connectivity index is 1.37. The molecule has 2 atom stereocenters. The van der Waals surface area contributed by atoms with Crippen LogP contribution in [0.4, 0.5) is 4.39 Å². The largest absolute Gasteiger partial charge is 0.356 e. The summed E-state index contributed by atoms with van der Waals surface area (Å²) in [4.78, 5) is 24.2. The zero-order valence-electron chi connectivity index (χ0n) is 14.2. The molecule has 0 heterocycles. The van der Waals surface area contributed by atoms with Crippen molar-refractivity contribution in [3.05, 3.63) is 70.5 Å². The van der Waals surface area contributed by atoms with E-state index in [1.807, 2.05) is 12.1 Å². The number of carbonyl (C=O) groups excluding carboxylic acids is 2. The number of hydrogen-bond acceptors (Lipinski definition) is 2. The summed E-state index contributed by atoms with van der Waals surface area (Å²) in [6, 6.07) is 13.5. The van der Waals surface area contributed by atoms with E-state index in [-0.39, 0.29) is 29.5 Å². The fourth-order valence-electron chi connectivity index (χ4n) is 2.81. The smallest absolute Gasteiger partial charge is 0.224 e. The van der Waals surface area contributed by atoms with Crippen LogP contribution in [0.2, 0.25) is 5.02 Å².